The van der Waals surface area contributed by atoms with Crippen molar-refractivity contribution in [2.75, 3.05) is 44.5 Å². The molecule has 1 atom stereocenters. The molecule has 1 aliphatic heterocycles. The number of carbonyl (C=O) groups is 1. The second kappa shape index (κ2) is 8.70. The minimum absolute atomic E-state index is 0.0161. The molecule has 0 aliphatic carbocycles. The number of aromatic nitrogens is 2. The van der Waals surface area contributed by atoms with Gasteiger partial charge in [-0.15, -0.1) is 0 Å². The first-order valence-corrected chi connectivity index (χ1v) is 9.26. The molecule has 0 radical (unpaired) electrons. The van der Waals surface area contributed by atoms with E-state index in [4.69, 9.17) is 4.74 Å². The van der Waals surface area contributed by atoms with Crippen LogP contribution in [-0.2, 0) is 0 Å². The molecule has 0 aromatic carbocycles. The quantitative estimate of drug-likeness (QED) is 0.874. The van der Waals surface area contributed by atoms with E-state index >= 15 is 0 Å². The molecule has 0 saturated carbocycles. The van der Waals surface area contributed by atoms with Crippen molar-refractivity contribution in [3.05, 3.63) is 42.2 Å². The molecule has 1 N–H and O–H groups in total. The van der Waals surface area contributed by atoms with Crippen LogP contribution in [0.15, 0.2) is 36.7 Å². The van der Waals surface area contributed by atoms with E-state index in [-0.39, 0.29) is 5.91 Å². The predicted molar refractivity (Wildman–Crippen MR) is 107 cm³/mol. The lowest BCUT2D eigenvalue weighted by molar-refractivity contribution is 0.0757. The lowest BCUT2D eigenvalue weighted by atomic mass is 10.1. The van der Waals surface area contributed by atoms with Crippen molar-refractivity contribution in [1.82, 2.24) is 14.9 Å². The van der Waals surface area contributed by atoms with Crippen molar-refractivity contribution < 1.29 is 9.53 Å². The molecule has 3 heterocycles. The monoisotopic (exact) mass is 369 g/mol. The summed E-state index contributed by atoms with van der Waals surface area (Å²) < 4.78 is 5.23. The standard InChI is InChI=1S/C20H27N5O2/c1-24(2)18-9-8-16(14-22-18)23-15-6-5-12-25(13-10-15)20(26)17-7-4-11-21-19(17)27-3/h4,7-9,11,14-15,23H,5-6,10,12-13H2,1-3H3/t15-/m1/s1. The molecule has 144 valence electrons. The molecule has 0 bridgehead atoms. The Bertz CT molecular complexity index is 763. The first kappa shape index (κ1) is 18.9. The Morgan fingerprint density at radius 1 is 1.22 bits per heavy atom. The summed E-state index contributed by atoms with van der Waals surface area (Å²) in [4.78, 5) is 25.3. The molecule has 1 fully saturated rings. The van der Waals surface area contributed by atoms with Gasteiger partial charge in [-0.3, -0.25) is 4.79 Å². The van der Waals surface area contributed by atoms with Gasteiger partial charge in [0, 0.05) is 39.4 Å². The molecule has 1 saturated heterocycles. The van der Waals surface area contributed by atoms with E-state index in [1.54, 1.807) is 18.3 Å². The summed E-state index contributed by atoms with van der Waals surface area (Å²) in [6.07, 6.45) is 6.36. The summed E-state index contributed by atoms with van der Waals surface area (Å²) in [6.45, 7) is 1.45. The van der Waals surface area contributed by atoms with Crippen molar-refractivity contribution in [1.29, 1.82) is 0 Å². The Kier molecular flexibility index (Phi) is 6.11. The van der Waals surface area contributed by atoms with Gasteiger partial charge in [0.25, 0.3) is 5.91 Å². The van der Waals surface area contributed by atoms with Crippen molar-refractivity contribution >= 4 is 17.4 Å². The SMILES string of the molecule is COc1ncccc1C(=O)N1CCC[C@@H](Nc2ccc(N(C)C)nc2)CC1. The number of rotatable bonds is 5. The summed E-state index contributed by atoms with van der Waals surface area (Å²) in [7, 11) is 5.49. The number of pyridine rings is 2. The van der Waals surface area contributed by atoms with Gasteiger partial charge in [0.05, 0.1) is 19.0 Å². The fourth-order valence-electron chi connectivity index (χ4n) is 3.30. The Morgan fingerprint density at radius 3 is 2.78 bits per heavy atom. The maximum absolute atomic E-state index is 12.9. The van der Waals surface area contributed by atoms with E-state index in [9.17, 15) is 4.79 Å². The Morgan fingerprint density at radius 2 is 2.07 bits per heavy atom. The third-order valence-electron chi connectivity index (χ3n) is 4.79. The fraction of sp³-hybridized carbons (Fsp3) is 0.450. The van der Waals surface area contributed by atoms with Gasteiger partial charge in [-0.25, -0.2) is 9.97 Å². The average molecular weight is 369 g/mol. The molecule has 3 rings (SSSR count). The number of anilines is 2. The molecule has 1 aliphatic rings. The van der Waals surface area contributed by atoms with E-state index < -0.39 is 0 Å². The number of nitrogens with one attached hydrogen (secondary N) is 1. The number of ether oxygens (including phenoxy) is 1. The Balaban J connectivity index is 1.61. The fourth-order valence-corrected chi connectivity index (χ4v) is 3.30. The maximum Gasteiger partial charge on any atom is 0.259 e. The van der Waals surface area contributed by atoms with E-state index in [1.165, 1.54) is 7.11 Å². The smallest absolute Gasteiger partial charge is 0.259 e. The molecule has 0 unspecified atom stereocenters. The van der Waals surface area contributed by atoms with Crippen LogP contribution in [0.3, 0.4) is 0 Å². The van der Waals surface area contributed by atoms with Gasteiger partial charge in [0.15, 0.2) is 0 Å². The topological polar surface area (TPSA) is 70.6 Å². The molecule has 2 aromatic heterocycles. The van der Waals surface area contributed by atoms with Crippen LogP contribution >= 0.6 is 0 Å². The van der Waals surface area contributed by atoms with Crippen LogP contribution in [0.1, 0.15) is 29.6 Å². The summed E-state index contributed by atoms with van der Waals surface area (Å²) in [5.74, 6) is 1.30. The zero-order valence-corrected chi connectivity index (χ0v) is 16.2. The summed E-state index contributed by atoms with van der Waals surface area (Å²) in [5.41, 5.74) is 1.54. The highest BCUT2D eigenvalue weighted by atomic mass is 16.5. The third kappa shape index (κ3) is 4.67. The number of methoxy groups -OCH3 is 1. The van der Waals surface area contributed by atoms with Crippen LogP contribution in [-0.4, -0.2) is 61.1 Å². The van der Waals surface area contributed by atoms with Crippen molar-refractivity contribution in [3.8, 4) is 5.88 Å². The summed E-state index contributed by atoms with van der Waals surface area (Å²) in [5, 5.41) is 3.55. The van der Waals surface area contributed by atoms with Crippen LogP contribution in [0.25, 0.3) is 0 Å². The Hall–Kier alpha value is -2.83. The lowest BCUT2D eigenvalue weighted by Crippen LogP contribution is -2.33. The second-order valence-electron chi connectivity index (χ2n) is 6.92. The highest BCUT2D eigenvalue weighted by Crippen LogP contribution is 2.21. The third-order valence-corrected chi connectivity index (χ3v) is 4.79. The van der Waals surface area contributed by atoms with Gasteiger partial charge in [-0.1, -0.05) is 0 Å². The number of carbonyl (C=O) groups excluding carboxylic acids is 1. The van der Waals surface area contributed by atoms with Crippen molar-refractivity contribution in [2.45, 2.75) is 25.3 Å². The Labute approximate surface area is 160 Å². The van der Waals surface area contributed by atoms with Gasteiger partial charge in [0.1, 0.15) is 11.4 Å². The molecular weight excluding hydrogens is 342 g/mol. The van der Waals surface area contributed by atoms with Crippen LogP contribution in [0.2, 0.25) is 0 Å². The molecule has 2 aromatic rings. The minimum Gasteiger partial charge on any atom is -0.480 e. The van der Waals surface area contributed by atoms with Gasteiger partial charge in [0.2, 0.25) is 5.88 Å². The lowest BCUT2D eigenvalue weighted by Gasteiger charge is -2.22. The van der Waals surface area contributed by atoms with Gasteiger partial charge in [-0.05, 0) is 43.5 Å². The maximum atomic E-state index is 12.9. The van der Waals surface area contributed by atoms with E-state index in [2.05, 4.69) is 21.4 Å². The first-order chi connectivity index (χ1) is 13.1. The molecule has 0 spiro atoms. The predicted octanol–water partition coefficient (Wildman–Crippen LogP) is 2.66. The van der Waals surface area contributed by atoms with Crippen LogP contribution in [0.5, 0.6) is 5.88 Å². The van der Waals surface area contributed by atoms with Crippen molar-refractivity contribution in [2.24, 2.45) is 0 Å². The van der Waals surface area contributed by atoms with Crippen LogP contribution in [0, 0.1) is 0 Å². The van der Waals surface area contributed by atoms with E-state index in [0.717, 1.165) is 37.3 Å². The zero-order chi connectivity index (χ0) is 19.2. The molecule has 7 nitrogen and oxygen atoms in total. The molecular formula is C20H27N5O2. The number of likely N-dealkylation sites (tertiary alicyclic amines) is 1. The highest BCUT2D eigenvalue weighted by Gasteiger charge is 2.24. The normalized spacial score (nSPS) is 17.1. The molecule has 1 amide bonds. The molecule has 7 heteroatoms. The first-order valence-electron chi connectivity index (χ1n) is 9.26. The minimum atomic E-state index is -0.0161. The number of amides is 1. The number of hydrogen-bond acceptors (Lipinski definition) is 6. The van der Waals surface area contributed by atoms with Gasteiger partial charge < -0.3 is 19.9 Å². The molecule has 27 heavy (non-hydrogen) atoms. The average Bonchev–Trinajstić information content (AvgIpc) is 2.93. The van der Waals surface area contributed by atoms with E-state index in [1.807, 2.05) is 36.2 Å². The van der Waals surface area contributed by atoms with Gasteiger partial charge in [-0.2, -0.15) is 0 Å². The van der Waals surface area contributed by atoms with Gasteiger partial charge >= 0.3 is 0 Å². The van der Waals surface area contributed by atoms with E-state index in [0.29, 0.717) is 24.0 Å². The largest absolute Gasteiger partial charge is 0.480 e. The zero-order valence-electron chi connectivity index (χ0n) is 16.2. The summed E-state index contributed by atoms with van der Waals surface area (Å²) in [6, 6.07) is 7.92. The number of nitrogens with zero attached hydrogens (tertiary/aromatic N) is 4. The number of hydrogen-bond donors (Lipinski definition) is 1. The highest BCUT2D eigenvalue weighted by molar-refractivity contribution is 5.96. The summed E-state index contributed by atoms with van der Waals surface area (Å²) >= 11 is 0. The van der Waals surface area contributed by atoms with Crippen LogP contribution < -0.4 is 15.0 Å². The van der Waals surface area contributed by atoms with Crippen LogP contribution in [0.4, 0.5) is 11.5 Å². The second-order valence-corrected chi connectivity index (χ2v) is 6.92. The van der Waals surface area contributed by atoms with Crippen molar-refractivity contribution in [3.63, 3.8) is 0 Å².